The number of nitrogens with one attached hydrogen (secondary N) is 1. The first kappa shape index (κ1) is 16.3. The molecule has 3 rings (SSSR count). The minimum absolute atomic E-state index is 0.129. The number of carbonyl (C=O) groups is 1. The van der Waals surface area contributed by atoms with Crippen molar-refractivity contribution in [2.45, 2.75) is 57.5 Å². The van der Waals surface area contributed by atoms with Crippen LogP contribution in [0.25, 0.3) is 10.9 Å². The fourth-order valence-corrected chi connectivity index (χ4v) is 4.03. The molecule has 23 heavy (non-hydrogen) atoms. The standard InChI is InChI=1S/C19H24N2OS/c1-12-8-9-13(2)18-16(12)10-14(3)19(21-18)23-11-17(22)20-15-6-4-5-7-15/h8-10,15H,4-7,11H2,1-3H3,(H,20,22). The topological polar surface area (TPSA) is 42.0 Å². The van der Waals surface area contributed by atoms with E-state index >= 15 is 0 Å². The predicted octanol–water partition coefficient (Wildman–Crippen LogP) is 4.31. The lowest BCUT2D eigenvalue weighted by Crippen LogP contribution is -2.33. The summed E-state index contributed by atoms with van der Waals surface area (Å²) in [7, 11) is 0. The average Bonchev–Trinajstić information content (AvgIpc) is 3.02. The highest BCUT2D eigenvalue weighted by Crippen LogP contribution is 2.28. The Balaban J connectivity index is 1.73. The Morgan fingerprint density at radius 1 is 1.17 bits per heavy atom. The van der Waals surface area contributed by atoms with Crippen molar-refractivity contribution in [2.75, 3.05) is 5.75 Å². The molecule has 1 aliphatic carbocycles. The number of thioether (sulfide) groups is 1. The van der Waals surface area contributed by atoms with E-state index in [4.69, 9.17) is 4.98 Å². The molecule has 0 radical (unpaired) electrons. The number of nitrogens with zero attached hydrogens (tertiary/aromatic N) is 1. The summed E-state index contributed by atoms with van der Waals surface area (Å²) in [6.45, 7) is 6.28. The molecule has 2 aromatic rings. The number of pyridine rings is 1. The van der Waals surface area contributed by atoms with Gasteiger partial charge >= 0.3 is 0 Å². The van der Waals surface area contributed by atoms with Gasteiger partial charge in [0, 0.05) is 11.4 Å². The Morgan fingerprint density at radius 2 is 1.87 bits per heavy atom. The lowest BCUT2D eigenvalue weighted by molar-refractivity contribution is -0.119. The number of hydrogen-bond acceptors (Lipinski definition) is 3. The normalized spacial score (nSPS) is 15.3. The van der Waals surface area contributed by atoms with E-state index in [0.29, 0.717) is 11.8 Å². The van der Waals surface area contributed by atoms with Crippen molar-refractivity contribution in [3.05, 3.63) is 34.9 Å². The number of benzene rings is 1. The molecule has 3 nitrogen and oxygen atoms in total. The number of carbonyl (C=O) groups excluding carboxylic acids is 1. The van der Waals surface area contributed by atoms with Crippen LogP contribution in [0.1, 0.15) is 42.4 Å². The third kappa shape index (κ3) is 3.69. The van der Waals surface area contributed by atoms with Crippen LogP contribution in [0.5, 0.6) is 0 Å². The molecule has 0 bridgehead atoms. The number of aryl methyl sites for hydroxylation is 3. The van der Waals surface area contributed by atoms with Crippen molar-refractivity contribution in [1.29, 1.82) is 0 Å². The van der Waals surface area contributed by atoms with E-state index < -0.39 is 0 Å². The monoisotopic (exact) mass is 328 g/mol. The zero-order valence-corrected chi connectivity index (χ0v) is 14.9. The summed E-state index contributed by atoms with van der Waals surface area (Å²) in [6, 6.07) is 6.84. The summed E-state index contributed by atoms with van der Waals surface area (Å²) in [5, 5.41) is 5.31. The van der Waals surface area contributed by atoms with E-state index in [1.807, 2.05) is 0 Å². The van der Waals surface area contributed by atoms with Gasteiger partial charge in [0.25, 0.3) is 0 Å². The molecule has 0 aliphatic heterocycles. The first-order valence-corrected chi connectivity index (χ1v) is 9.33. The van der Waals surface area contributed by atoms with E-state index in [1.165, 1.54) is 29.4 Å². The number of amides is 1. The van der Waals surface area contributed by atoms with Crippen molar-refractivity contribution in [3.8, 4) is 0 Å². The van der Waals surface area contributed by atoms with Gasteiger partial charge in [-0.1, -0.05) is 36.7 Å². The first-order chi connectivity index (χ1) is 11.0. The van der Waals surface area contributed by atoms with Crippen molar-refractivity contribution in [2.24, 2.45) is 0 Å². The molecule has 122 valence electrons. The molecule has 0 spiro atoms. The lowest BCUT2D eigenvalue weighted by Gasteiger charge is -2.13. The second-order valence-corrected chi connectivity index (χ2v) is 7.51. The summed E-state index contributed by atoms with van der Waals surface area (Å²) in [4.78, 5) is 16.9. The van der Waals surface area contributed by atoms with Crippen LogP contribution < -0.4 is 5.32 Å². The molecule has 1 fully saturated rings. The lowest BCUT2D eigenvalue weighted by atomic mass is 10.0. The van der Waals surface area contributed by atoms with Gasteiger partial charge < -0.3 is 5.32 Å². The number of hydrogen-bond donors (Lipinski definition) is 1. The highest BCUT2D eigenvalue weighted by Gasteiger charge is 2.17. The molecule has 0 saturated heterocycles. The maximum atomic E-state index is 12.1. The second-order valence-electron chi connectivity index (χ2n) is 6.54. The molecule has 0 unspecified atom stereocenters. The van der Waals surface area contributed by atoms with Crippen LogP contribution in [0, 0.1) is 20.8 Å². The molecule has 1 amide bonds. The van der Waals surface area contributed by atoms with Crippen molar-refractivity contribution in [1.82, 2.24) is 10.3 Å². The SMILES string of the molecule is Cc1cc2c(C)ccc(C)c2nc1SCC(=O)NC1CCCC1. The van der Waals surface area contributed by atoms with Gasteiger partial charge in [-0.25, -0.2) is 4.98 Å². The summed E-state index contributed by atoms with van der Waals surface area (Å²) in [5.74, 6) is 0.574. The number of fused-ring (bicyclic) bond motifs is 1. The maximum Gasteiger partial charge on any atom is 0.230 e. The largest absolute Gasteiger partial charge is 0.353 e. The molecule has 1 heterocycles. The van der Waals surface area contributed by atoms with Gasteiger partial charge in [-0.2, -0.15) is 0 Å². The van der Waals surface area contributed by atoms with Gasteiger partial charge in [0.1, 0.15) is 5.03 Å². The van der Waals surface area contributed by atoms with Crippen LogP contribution in [0.15, 0.2) is 23.2 Å². The van der Waals surface area contributed by atoms with Crippen molar-refractivity contribution < 1.29 is 4.79 Å². The third-order valence-electron chi connectivity index (χ3n) is 4.61. The molecule has 0 atom stereocenters. The van der Waals surface area contributed by atoms with Crippen LogP contribution in [0.4, 0.5) is 0 Å². The van der Waals surface area contributed by atoms with Gasteiger partial charge in [-0.05, 0) is 56.4 Å². The summed E-state index contributed by atoms with van der Waals surface area (Å²) in [5.41, 5.74) is 4.62. The highest BCUT2D eigenvalue weighted by atomic mass is 32.2. The molecule has 1 saturated carbocycles. The second kappa shape index (κ2) is 6.91. The van der Waals surface area contributed by atoms with E-state index in [9.17, 15) is 4.79 Å². The minimum Gasteiger partial charge on any atom is -0.353 e. The Hall–Kier alpha value is -1.55. The van der Waals surface area contributed by atoms with Gasteiger partial charge in [-0.15, -0.1) is 0 Å². The van der Waals surface area contributed by atoms with Crippen LogP contribution in [0.2, 0.25) is 0 Å². The Bertz CT molecular complexity index is 736. The van der Waals surface area contributed by atoms with E-state index in [0.717, 1.165) is 28.9 Å². The van der Waals surface area contributed by atoms with Gasteiger partial charge in [0.2, 0.25) is 5.91 Å². The van der Waals surface area contributed by atoms with Crippen LogP contribution in [-0.4, -0.2) is 22.7 Å². The Labute approximate surface area is 142 Å². The summed E-state index contributed by atoms with van der Waals surface area (Å²) < 4.78 is 0. The average molecular weight is 328 g/mol. The summed E-state index contributed by atoms with van der Waals surface area (Å²) in [6.07, 6.45) is 4.73. The predicted molar refractivity (Wildman–Crippen MR) is 97.1 cm³/mol. The Morgan fingerprint density at radius 3 is 2.61 bits per heavy atom. The van der Waals surface area contributed by atoms with Crippen molar-refractivity contribution >= 4 is 28.6 Å². The summed E-state index contributed by atoms with van der Waals surface area (Å²) >= 11 is 1.54. The minimum atomic E-state index is 0.129. The fourth-order valence-electron chi connectivity index (χ4n) is 3.24. The zero-order valence-electron chi connectivity index (χ0n) is 14.1. The van der Waals surface area contributed by atoms with Crippen LogP contribution in [-0.2, 0) is 4.79 Å². The molecule has 4 heteroatoms. The van der Waals surface area contributed by atoms with E-state index in [2.05, 4.69) is 44.3 Å². The molecular formula is C19H24N2OS. The van der Waals surface area contributed by atoms with E-state index in [-0.39, 0.29) is 5.91 Å². The molecule has 1 aliphatic rings. The maximum absolute atomic E-state index is 12.1. The first-order valence-electron chi connectivity index (χ1n) is 8.34. The van der Waals surface area contributed by atoms with Crippen LogP contribution >= 0.6 is 11.8 Å². The third-order valence-corrected chi connectivity index (χ3v) is 5.70. The van der Waals surface area contributed by atoms with Crippen LogP contribution in [0.3, 0.4) is 0 Å². The molecular weight excluding hydrogens is 304 g/mol. The quantitative estimate of drug-likeness (QED) is 0.850. The Kier molecular flexibility index (Phi) is 4.90. The van der Waals surface area contributed by atoms with E-state index in [1.54, 1.807) is 11.8 Å². The van der Waals surface area contributed by atoms with Crippen molar-refractivity contribution in [3.63, 3.8) is 0 Å². The number of rotatable bonds is 4. The molecule has 1 N–H and O–H groups in total. The highest BCUT2D eigenvalue weighted by molar-refractivity contribution is 7.99. The number of aromatic nitrogens is 1. The smallest absolute Gasteiger partial charge is 0.230 e. The molecule has 1 aromatic heterocycles. The zero-order chi connectivity index (χ0) is 16.4. The fraction of sp³-hybridized carbons (Fsp3) is 0.474. The van der Waals surface area contributed by atoms with Gasteiger partial charge in [0.15, 0.2) is 0 Å². The van der Waals surface area contributed by atoms with Gasteiger partial charge in [-0.3, -0.25) is 4.79 Å². The molecule has 1 aromatic carbocycles. The van der Waals surface area contributed by atoms with Gasteiger partial charge in [0.05, 0.1) is 11.3 Å².